The molecule has 0 N–H and O–H groups in total. The van der Waals surface area contributed by atoms with Gasteiger partial charge in [-0.05, 0) is 61.3 Å². The minimum Gasteiger partial charge on any atom is -0.406 e. The van der Waals surface area contributed by atoms with Crippen molar-refractivity contribution in [2.24, 2.45) is 16.8 Å². The third kappa shape index (κ3) is 4.47. The molecule has 9 heteroatoms. The number of carbonyl (C=O) groups is 2. The van der Waals surface area contributed by atoms with Gasteiger partial charge in [-0.3, -0.25) is 19.5 Å². The van der Waals surface area contributed by atoms with E-state index in [2.05, 4.69) is 4.74 Å². The number of ether oxygens (including phenoxy) is 1. The van der Waals surface area contributed by atoms with Crippen LogP contribution in [0.1, 0.15) is 37.7 Å². The smallest absolute Gasteiger partial charge is 0.406 e. The second kappa shape index (κ2) is 8.35. The number of benzene rings is 2. The van der Waals surface area contributed by atoms with Crippen molar-refractivity contribution in [3.05, 3.63) is 54.1 Å². The Hall–Kier alpha value is -3.36. The normalized spacial score (nSPS) is 22.8. The van der Waals surface area contributed by atoms with E-state index < -0.39 is 11.9 Å². The highest BCUT2D eigenvalue weighted by Gasteiger charge is 2.57. The molecule has 2 aromatic rings. The molecule has 188 valence electrons. The summed E-state index contributed by atoms with van der Waals surface area (Å²) >= 11 is 0. The van der Waals surface area contributed by atoms with Crippen LogP contribution >= 0.6 is 0 Å². The number of amides is 2. The minimum atomic E-state index is -4.73. The Kier molecular flexibility index (Phi) is 5.35. The van der Waals surface area contributed by atoms with Gasteiger partial charge in [0.1, 0.15) is 17.1 Å². The molecule has 6 rings (SSSR count). The molecule has 4 aliphatic rings. The molecule has 0 radical (unpaired) electrons. The highest BCUT2D eigenvalue weighted by atomic mass is 19.4. The van der Waals surface area contributed by atoms with E-state index in [9.17, 15) is 22.8 Å². The maximum absolute atomic E-state index is 13.3. The van der Waals surface area contributed by atoms with Crippen molar-refractivity contribution in [1.29, 1.82) is 0 Å². The largest absolute Gasteiger partial charge is 0.573 e. The van der Waals surface area contributed by atoms with Gasteiger partial charge in [0.05, 0.1) is 0 Å². The molecular formula is C27H26F3N3O3. The molecule has 2 saturated carbocycles. The van der Waals surface area contributed by atoms with Gasteiger partial charge in [-0.25, -0.2) is 0 Å². The summed E-state index contributed by atoms with van der Waals surface area (Å²) in [5, 5.41) is 0. The monoisotopic (exact) mass is 497 g/mol. The Morgan fingerprint density at radius 1 is 0.972 bits per heavy atom. The fourth-order valence-corrected chi connectivity index (χ4v) is 5.18. The molecule has 2 aromatic carbocycles. The Labute approximate surface area is 206 Å². The molecule has 1 spiro atoms. The number of nitrogens with zero attached hydrogens (tertiary/aromatic N) is 3. The lowest BCUT2D eigenvalue weighted by Gasteiger charge is -2.23. The van der Waals surface area contributed by atoms with Crippen LogP contribution in [0.3, 0.4) is 0 Å². The van der Waals surface area contributed by atoms with Crippen molar-refractivity contribution < 1.29 is 27.5 Å². The maximum Gasteiger partial charge on any atom is 0.573 e. The number of hydrogen-bond acceptors (Lipinski definition) is 4. The predicted octanol–water partition coefficient (Wildman–Crippen LogP) is 4.63. The van der Waals surface area contributed by atoms with E-state index in [-0.39, 0.29) is 29.4 Å². The maximum atomic E-state index is 13.3. The summed E-state index contributed by atoms with van der Waals surface area (Å²) in [6.45, 7) is 1.99. The van der Waals surface area contributed by atoms with Crippen molar-refractivity contribution in [2.75, 3.05) is 19.6 Å². The second-order valence-corrected chi connectivity index (χ2v) is 10.2. The van der Waals surface area contributed by atoms with Crippen LogP contribution in [0.4, 0.5) is 13.2 Å². The molecule has 3 fully saturated rings. The van der Waals surface area contributed by atoms with E-state index in [1.54, 1.807) is 17.0 Å². The molecule has 1 saturated heterocycles. The average molecular weight is 498 g/mol. The van der Waals surface area contributed by atoms with Gasteiger partial charge in [0.2, 0.25) is 5.91 Å². The highest BCUT2D eigenvalue weighted by molar-refractivity contribution is 6.16. The van der Waals surface area contributed by atoms with Crippen LogP contribution in [-0.4, -0.2) is 59.0 Å². The number of aliphatic imine (C=N–C) groups is 1. The van der Waals surface area contributed by atoms with E-state index in [4.69, 9.17) is 4.99 Å². The van der Waals surface area contributed by atoms with Crippen molar-refractivity contribution in [2.45, 2.75) is 44.0 Å². The number of alkyl halides is 3. The summed E-state index contributed by atoms with van der Waals surface area (Å²) in [4.78, 5) is 34.3. The molecule has 2 aliphatic heterocycles. The van der Waals surface area contributed by atoms with Crippen LogP contribution < -0.4 is 4.74 Å². The van der Waals surface area contributed by atoms with E-state index in [1.807, 2.05) is 29.2 Å². The third-order valence-corrected chi connectivity index (χ3v) is 7.47. The summed E-state index contributed by atoms with van der Waals surface area (Å²) < 4.78 is 41.2. The first kappa shape index (κ1) is 23.1. The SMILES string of the molecule is O=C(C1CC1)N1CC[C@@H](CN2C(=O)C3(CC3)N=C2c2ccc(-c3ccc(OC(F)(F)F)cc3)cc2)C1. The van der Waals surface area contributed by atoms with E-state index in [1.165, 1.54) is 12.1 Å². The molecule has 2 aliphatic carbocycles. The lowest BCUT2D eigenvalue weighted by Crippen LogP contribution is -2.40. The number of amidine groups is 1. The second-order valence-electron chi connectivity index (χ2n) is 10.2. The summed E-state index contributed by atoms with van der Waals surface area (Å²) in [7, 11) is 0. The van der Waals surface area contributed by atoms with E-state index >= 15 is 0 Å². The van der Waals surface area contributed by atoms with E-state index in [0.29, 0.717) is 18.9 Å². The molecule has 2 amide bonds. The standard InChI is InChI=1S/C27H26F3N3O3/c28-27(29,30)36-22-9-7-19(8-10-22)18-1-3-20(4-2-18)23-31-26(12-13-26)25(35)33(23)16-17-11-14-32(15-17)24(34)21-5-6-21/h1-4,7-10,17,21H,5-6,11-16H2/t17-/m1/s1. The first-order chi connectivity index (χ1) is 17.2. The van der Waals surface area contributed by atoms with Gasteiger partial charge in [-0.15, -0.1) is 13.2 Å². The molecule has 0 aromatic heterocycles. The molecule has 1 atom stereocenters. The zero-order valence-electron chi connectivity index (χ0n) is 19.6. The van der Waals surface area contributed by atoms with Crippen molar-refractivity contribution in [3.63, 3.8) is 0 Å². The number of likely N-dealkylation sites (tertiary alicyclic amines) is 1. The van der Waals surface area contributed by atoms with Gasteiger partial charge in [0, 0.05) is 31.1 Å². The van der Waals surface area contributed by atoms with Crippen LogP contribution in [0.5, 0.6) is 5.75 Å². The molecule has 0 bridgehead atoms. The first-order valence-corrected chi connectivity index (χ1v) is 12.4. The van der Waals surface area contributed by atoms with Crippen LogP contribution in [0, 0.1) is 11.8 Å². The summed E-state index contributed by atoms with van der Waals surface area (Å²) in [5.74, 6) is 1.14. The van der Waals surface area contributed by atoms with Gasteiger partial charge in [0.15, 0.2) is 0 Å². The third-order valence-electron chi connectivity index (χ3n) is 7.47. The quantitative estimate of drug-likeness (QED) is 0.585. The Morgan fingerprint density at radius 3 is 2.17 bits per heavy atom. The summed E-state index contributed by atoms with van der Waals surface area (Å²) in [5.41, 5.74) is 1.80. The topological polar surface area (TPSA) is 62.2 Å². The number of carbonyl (C=O) groups excluding carboxylic acids is 2. The number of hydrogen-bond donors (Lipinski definition) is 0. The van der Waals surface area contributed by atoms with Gasteiger partial charge >= 0.3 is 6.36 Å². The van der Waals surface area contributed by atoms with E-state index in [0.717, 1.165) is 55.3 Å². The lowest BCUT2D eigenvalue weighted by atomic mass is 10.0. The Balaban J connectivity index is 1.17. The van der Waals surface area contributed by atoms with Gasteiger partial charge in [-0.1, -0.05) is 36.4 Å². The van der Waals surface area contributed by atoms with Crippen LogP contribution in [0.15, 0.2) is 53.5 Å². The Bertz CT molecular complexity index is 1220. The molecule has 6 nitrogen and oxygen atoms in total. The Morgan fingerprint density at radius 2 is 1.58 bits per heavy atom. The van der Waals surface area contributed by atoms with Crippen molar-refractivity contribution >= 4 is 17.6 Å². The summed E-state index contributed by atoms with van der Waals surface area (Å²) in [6.07, 6.45) is -0.344. The average Bonchev–Trinajstić information content (AvgIpc) is 3.77. The zero-order chi connectivity index (χ0) is 25.1. The van der Waals surface area contributed by atoms with Crippen LogP contribution in [0.2, 0.25) is 0 Å². The fraction of sp³-hybridized carbons (Fsp3) is 0.444. The van der Waals surface area contributed by atoms with Crippen molar-refractivity contribution in [1.82, 2.24) is 9.80 Å². The lowest BCUT2D eigenvalue weighted by molar-refractivity contribution is -0.274. The fourth-order valence-electron chi connectivity index (χ4n) is 5.18. The van der Waals surface area contributed by atoms with Gasteiger partial charge in [0.25, 0.3) is 5.91 Å². The molecule has 36 heavy (non-hydrogen) atoms. The summed E-state index contributed by atoms with van der Waals surface area (Å²) in [6, 6.07) is 13.3. The first-order valence-electron chi connectivity index (χ1n) is 12.4. The number of rotatable bonds is 6. The zero-order valence-corrected chi connectivity index (χ0v) is 19.6. The molecule has 2 heterocycles. The van der Waals surface area contributed by atoms with Crippen LogP contribution in [-0.2, 0) is 9.59 Å². The van der Waals surface area contributed by atoms with Crippen LogP contribution in [0.25, 0.3) is 11.1 Å². The van der Waals surface area contributed by atoms with Gasteiger partial charge < -0.3 is 9.64 Å². The number of halogens is 3. The predicted molar refractivity (Wildman–Crippen MR) is 126 cm³/mol. The van der Waals surface area contributed by atoms with Gasteiger partial charge in [-0.2, -0.15) is 0 Å². The molecule has 0 unspecified atom stereocenters. The highest BCUT2D eigenvalue weighted by Crippen LogP contribution is 2.46. The molecular weight excluding hydrogens is 471 g/mol. The minimum absolute atomic E-state index is 0.0498. The van der Waals surface area contributed by atoms with Crippen molar-refractivity contribution in [3.8, 4) is 16.9 Å².